The number of carbonyl (C=O) groups excluding carboxylic acids is 1. The second-order valence-electron chi connectivity index (χ2n) is 8.30. The first-order valence-corrected chi connectivity index (χ1v) is 10.5. The predicted molar refractivity (Wildman–Crippen MR) is 127 cm³/mol. The predicted octanol–water partition coefficient (Wildman–Crippen LogP) is 4.24. The first-order valence-electron chi connectivity index (χ1n) is 10.5. The largest absolute Gasteiger partial charge is 0.402 e. The van der Waals surface area contributed by atoms with Gasteiger partial charge in [-0.3, -0.25) is 19.8 Å². The molecule has 3 rings (SSSR count). The first kappa shape index (κ1) is 22.4. The van der Waals surface area contributed by atoms with Gasteiger partial charge in [0.25, 0.3) is 0 Å². The van der Waals surface area contributed by atoms with Crippen molar-refractivity contribution in [1.29, 1.82) is 0 Å². The average molecular weight is 418 g/mol. The topological polar surface area (TPSA) is 107 Å². The van der Waals surface area contributed by atoms with Crippen LogP contribution in [-0.4, -0.2) is 28.5 Å². The Hall–Kier alpha value is -3.28. The summed E-state index contributed by atoms with van der Waals surface area (Å²) in [6.07, 6.45) is 8.76. The summed E-state index contributed by atoms with van der Waals surface area (Å²) in [5, 5.41) is 0. The Balaban J connectivity index is 1.69. The van der Waals surface area contributed by atoms with Crippen molar-refractivity contribution in [2.75, 3.05) is 12.8 Å². The highest BCUT2D eigenvalue weighted by Crippen LogP contribution is 2.50. The molecule has 1 fully saturated rings. The van der Waals surface area contributed by atoms with Gasteiger partial charge in [-0.05, 0) is 61.6 Å². The fraction of sp³-hybridized carbons (Fsp3) is 0.360. The van der Waals surface area contributed by atoms with Crippen molar-refractivity contribution in [3.8, 4) is 0 Å². The van der Waals surface area contributed by atoms with E-state index in [1.54, 1.807) is 19.3 Å². The Morgan fingerprint density at radius 1 is 1.32 bits per heavy atom. The molecule has 1 aliphatic carbocycles. The quantitative estimate of drug-likeness (QED) is 0.517. The number of carbonyl (C=O) groups is 1. The Labute approximate surface area is 184 Å². The number of nitrogen functional groups attached to an aromatic ring is 1. The number of aromatic nitrogens is 2. The van der Waals surface area contributed by atoms with Gasteiger partial charge in [-0.15, -0.1) is 0 Å². The minimum atomic E-state index is -0.0260. The minimum Gasteiger partial charge on any atom is -0.402 e. The molecule has 1 saturated carbocycles. The standard InChI is InChI=1S/C25H31N5O/c1-14(6-8-23-25(27)15(2)10-16(3)30-23)24(28-5)12-21(26)20-11-19(20)18-7-9-22(17(4)31)29-13-18/h6-10,12-14,19-20H,11,26-27H2,1-5H3/b8-6-,21-12?,28-24?. The van der Waals surface area contributed by atoms with Crippen LogP contribution in [0.4, 0.5) is 5.69 Å². The molecule has 0 aromatic carbocycles. The van der Waals surface area contributed by atoms with E-state index in [1.165, 1.54) is 6.92 Å². The number of hydrogen-bond donors (Lipinski definition) is 2. The van der Waals surface area contributed by atoms with Crippen LogP contribution in [-0.2, 0) is 0 Å². The molecule has 162 valence electrons. The van der Waals surface area contributed by atoms with E-state index in [0.29, 0.717) is 17.3 Å². The maximum Gasteiger partial charge on any atom is 0.178 e. The lowest BCUT2D eigenvalue weighted by Gasteiger charge is -2.10. The van der Waals surface area contributed by atoms with Crippen LogP contribution >= 0.6 is 0 Å². The number of rotatable bonds is 7. The number of nitrogens with two attached hydrogens (primary N) is 2. The zero-order valence-corrected chi connectivity index (χ0v) is 18.9. The zero-order valence-electron chi connectivity index (χ0n) is 18.9. The molecular weight excluding hydrogens is 386 g/mol. The molecule has 0 aliphatic heterocycles. The molecule has 3 unspecified atom stereocenters. The van der Waals surface area contributed by atoms with Gasteiger partial charge in [0.2, 0.25) is 0 Å². The van der Waals surface area contributed by atoms with E-state index in [2.05, 4.69) is 28.0 Å². The SMILES string of the molecule is CN=C(C=C(N)C1CC1c1ccc(C(C)=O)nc1)C(C)/C=C\c1nc(C)cc(C)c1N. The van der Waals surface area contributed by atoms with Crippen molar-refractivity contribution in [1.82, 2.24) is 9.97 Å². The van der Waals surface area contributed by atoms with E-state index in [0.717, 1.165) is 40.3 Å². The number of ketones is 1. The Kier molecular flexibility index (Phi) is 6.68. The maximum absolute atomic E-state index is 11.4. The van der Waals surface area contributed by atoms with E-state index in [9.17, 15) is 4.79 Å². The lowest BCUT2D eigenvalue weighted by atomic mass is 10.0. The summed E-state index contributed by atoms with van der Waals surface area (Å²) in [4.78, 5) is 24.6. The zero-order chi connectivity index (χ0) is 22.7. The van der Waals surface area contributed by atoms with Gasteiger partial charge in [-0.25, -0.2) is 0 Å². The Morgan fingerprint density at radius 3 is 2.68 bits per heavy atom. The second-order valence-corrected chi connectivity index (χ2v) is 8.30. The average Bonchev–Trinajstić information content (AvgIpc) is 3.54. The molecule has 4 N–H and O–H groups in total. The van der Waals surface area contributed by atoms with E-state index in [1.807, 2.05) is 38.1 Å². The minimum absolute atomic E-state index is 0.0260. The molecule has 0 spiro atoms. The number of Topliss-reactive ketones (excluding diaryl/α,β-unsaturated/α-hetero) is 1. The Bertz CT molecular complexity index is 1070. The van der Waals surface area contributed by atoms with Crippen molar-refractivity contribution in [2.24, 2.45) is 22.6 Å². The first-order chi connectivity index (χ1) is 14.7. The van der Waals surface area contributed by atoms with Gasteiger partial charge in [0.05, 0.1) is 11.4 Å². The molecule has 2 heterocycles. The molecule has 2 aromatic rings. The summed E-state index contributed by atoms with van der Waals surface area (Å²) >= 11 is 0. The van der Waals surface area contributed by atoms with Crippen molar-refractivity contribution >= 4 is 23.3 Å². The molecule has 0 bridgehead atoms. The van der Waals surface area contributed by atoms with Gasteiger partial charge < -0.3 is 11.5 Å². The lowest BCUT2D eigenvalue weighted by molar-refractivity contribution is 0.101. The smallest absolute Gasteiger partial charge is 0.178 e. The van der Waals surface area contributed by atoms with Crippen LogP contribution in [0.5, 0.6) is 0 Å². The van der Waals surface area contributed by atoms with Gasteiger partial charge >= 0.3 is 0 Å². The highest BCUT2D eigenvalue weighted by atomic mass is 16.1. The van der Waals surface area contributed by atoms with Crippen LogP contribution in [0, 0.1) is 25.7 Å². The normalized spacial score (nSPS) is 20.2. The summed E-state index contributed by atoms with van der Waals surface area (Å²) in [5.74, 6) is 0.656. The van der Waals surface area contributed by atoms with E-state index in [4.69, 9.17) is 11.5 Å². The summed E-state index contributed by atoms with van der Waals surface area (Å²) in [6.45, 7) is 7.55. The maximum atomic E-state index is 11.4. The van der Waals surface area contributed by atoms with Crippen LogP contribution in [0.25, 0.3) is 6.08 Å². The summed E-state index contributed by atoms with van der Waals surface area (Å²) in [6, 6.07) is 5.74. The van der Waals surface area contributed by atoms with Crippen molar-refractivity contribution in [2.45, 2.75) is 40.0 Å². The van der Waals surface area contributed by atoms with Gasteiger partial charge in [0.1, 0.15) is 5.69 Å². The number of allylic oxidation sites excluding steroid dienone is 3. The van der Waals surface area contributed by atoms with Crippen LogP contribution in [0.15, 0.2) is 47.2 Å². The third-order valence-corrected chi connectivity index (χ3v) is 5.80. The summed E-state index contributed by atoms with van der Waals surface area (Å²) in [5.41, 5.74) is 19.4. The van der Waals surface area contributed by atoms with Crippen molar-refractivity contribution in [3.63, 3.8) is 0 Å². The molecule has 31 heavy (non-hydrogen) atoms. The highest BCUT2D eigenvalue weighted by Gasteiger charge is 2.40. The van der Waals surface area contributed by atoms with E-state index in [-0.39, 0.29) is 17.6 Å². The van der Waals surface area contributed by atoms with Crippen LogP contribution < -0.4 is 11.5 Å². The van der Waals surface area contributed by atoms with E-state index >= 15 is 0 Å². The van der Waals surface area contributed by atoms with Crippen LogP contribution in [0.3, 0.4) is 0 Å². The van der Waals surface area contributed by atoms with Crippen LogP contribution in [0.2, 0.25) is 0 Å². The number of aliphatic imine (C=N–C) groups is 1. The molecule has 0 saturated heterocycles. The monoisotopic (exact) mass is 417 g/mol. The highest BCUT2D eigenvalue weighted by molar-refractivity contribution is 5.98. The molecule has 2 aromatic heterocycles. The third-order valence-electron chi connectivity index (χ3n) is 5.80. The number of aryl methyl sites for hydroxylation is 2. The van der Waals surface area contributed by atoms with Gasteiger partial charge in [-0.2, -0.15) is 0 Å². The van der Waals surface area contributed by atoms with Gasteiger partial charge in [-0.1, -0.05) is 19.1 Å². The van der Waals surface area contributed by atoms with E-state index < -0.39 is 0 Å². The third kappa shape index (κ3) is 5.26. The number of nitrogens with zero attached hydrogens (tertiary/aromatic N) is 3. The van der Waals surface area contributed by atoms with Crippen molar-refractivity contribution in [3.05, 3.63) is 70.5 Å². The molecule has 0 radical (unpaired) electrons. The fourth-order valence-corrected chi connectivity index (χ4v) is 3.78. The molecule has 6 nitrogen and oxygen atoms in total. The molecular formula is C25H31N5O. The number of pyridine rings is 2. The fourth-order valence-electron chi connectivity index (χ4n) is 3.78. The second kappa shape index (κ2) is 9.25. The summed E-state index contributed by atoms with van der Waals surface area (Å²) < 4.78 is 0. The molecule has 1 aliphatic rings. The summed E-state index contributed by atoms with van der Waals surface area (Å²) in [7, 11) is 1.78. The lowest BCUT2D eigenvalue weighted by Crippen LogP contribution is -2.11. The molecule has 0 amide bonds. The Morgan fingerprint density at radius 2 is 2.06 bits per heavy atom. The van der Waals surface area contributed by atoms with Gasteiger partial charge in [0.15, 0.2) is 5.78 Å². The van der Waals surface area contributed by atoms with Crippen LogP contribution in [0.1, 0.15) is 59.2 Å². The molecule has 6 heteroatoms. The number of hydrogen-bond acceptors (Lipinski definition) is 6. The van der Waals surface area contributed by atoms with Gasteiger partial charge in [0, 0.05) is 49.1 Å². The number of anilines is 1. The molecule has 3 atom stereocenters. The van der Waals surface area contributed by atoms with Crippen molar-refractivity contribution < 1.29 is 4.79 Å².